The Bertz CT molecular complexity index is 1070. The molecule has 156 valence electrons. The Balaban J connectivity index is 1.45. The first kappa shape index (κ1) is 19.9. The monoisotopic (exact) mass is 404 g/mol. The maximum Gasteiger partial charge on any atom is 0.137 e. The van der Waals surface area contributed by atoms with Crippen LogP contribution in [0.15, 0.2) is 61.5 Å². The lowest BCUT2D eigenvalue weighted by Gasteiger charge is -2.17. The fourth-order valence-corrected chi connectivity index (χ4v) is 3.47. The second kappa shape index (κ2) is 8.98. The molecule has 30 heavy (non-hydrogen) atoms. The zero-order valence-electron chi connectivity index (χ0n) is 17.2. The van der Waals surface area contributed by atoms with E-state index < -0.39 is 0 Å². The van der Waals surface area contributed by atoms with Crippen LogP contribution < -0.4 is 21.8 Å². The van der Waals surface area contributed by atoms with Gasteiger partial charge in [0, 0.05) is 49.6 Å². The molecule has 4 heterocycles. The fourth-order valence-electron chi connectivity index (χ4n) is 3.47. The highest BCUT2D eigenvalue weighted by Gasteiger charge is 2.10. The number of hydrogen-bond acceptors (Lipinski definition) is 7. The van der Waals surface area contributed by atoms with Gasteiger partial charge in [-0.25, -0.2) is 10.8 Å². The maximum atomic E-state index is 6.29. The van der Waals surface area contributed by atoms with Gasteiger partial charge in [-0.1, -0.05) is 19.1 Å². The summed E-state index contributed by atoms with van der Waals surface area (Å²) in [5.74, 6) is 6.20. The summed E-state index contributed by atoms with van der Waals surface area (Å²) in [4.78, 5) is 11.1. The smallest absolute Gasteiger partial charge is 0.137 e. The predicted molar refractivity (Wildman–Crippen MR) is 120 cm³/mol. The Morgan fingerprint density at radius 1 is 1.30 bits per heavy atom. The Morgan fingerprint density at radius 3 is 3.00 bits per heavy atom. The van der Waals surface area contributed by atoms with Crippen LogP contribution in [0.1, 0.15) is 30.2 Å². The van der Waals surface area contributed by atoms with Crippen LogP contribution >= 0.6 is 0 Å². The van der Waals surface area contributed by atoms with Gasteiger partial charge in [-0.3, -0.25) is 4.98 Å². The average molecular weight is 405 g/mol. The number of rotatable bonds is 8. The summed E-state index contributed by atoms with van der Waals surface area (Å²) in [5.41, 5.74) is 11.7. The molecule has 0 amide bonds. The number of hydrazine groups is 1. The molecule has 0 bridgehead atoms. The number of nitrogens with two attached hydrogens (primary N) is 2. The van der Waals surface area contributed by atoms with Crippen molar-refractivity contribution in [2.75, 3.05) is 18.0 Å². The van der Waals surface area contributed by atoms with Gasteiger partial charge in [-0.15, -0.1) is 0 Å². The molecule has 8 nitrogen and oxygen atoms in total. The second-order valence-electron chi connectivity index (χ2n) is 7.37. The number of hydrogen-bond donors (Lipinski definition) is 3. The van der Waals surface area contributed by atoms with Crippen molar-refractivity contribution < 1.29 is 0 Å². The largest absolute Gasteiger partial charge is 0.397 e. The summed E-state index contributed by atoms with van der Waals surface area (Å²) in [6.07, 6.45) is 14.7. The van der Waals surface area contributed by atoms with E-state index in [9.17, 15) is 0 Å². The third-order valence-electron chi connectivity index (χ3n) is 5.00. The number of aromatic nitrogens is 3. The Hall–Kier alpha value is -3.36. The van der Waals surface area contributed by atoms with E-state index in [1.807, 2.05) is 28.9 Å². The van der Waals surface area contributed by atoms with Gasteiger partial charge in [-0.05, 0) is 30.7 Å². The molecule has 1 aliphatic rings. The lowest BCUT2D eigenvalue weighted by atomic mass is 10.2. The molecule has 0 aromatic carbocycles. The van der Waals surface area contributed by atoms with Crippen molar-refractivity contribution in [1.29, 1.82) is 0 Å². The molecule has 3 aromatic rings. The molecule has 3 aromatic heterocycles. The molecule has 0 saturated carbocycles. The van der Waals surface area contributed by atoms with Crippen molar-refractivity contribution in [3.63, 3.8) is 0 Å². The number of fused-ring (bicyclic) bond motifs is 1. The van der Waals surface area contributed by atoms with Crippen LogP contribution in [0.4, 0.5) is 5.69 Å². The predicted octanol–water partition coefficient (Wildman–Crippen LogP) is 2.20. The van der Waals surface area contributed by atoms with E-state index in [1.165, 1.54) is 5.56 Å². The minimum absolute atomic E-state index is 0.451. The lowest BCUT2D eigenvalue weighted by Crippen LogP contribution is -2.26. The van der Waals surface area contributed by atoms with Gasteiger partial charge in [0.15, 0.2) is 0 Å². The van der Waals surface area contributed by atoms with Crippen molar-refractivity contribution in [3.05, 3.63) is 78.3 Å². The topological polar surface area (TPSA) is 101 Å². The average Bonchev–Trinajstić information content (AvgIpc) is 3.41. The van der Waals surface area contributed by atoms with E-state index in [0.717, 1.165) is 48.6 Å². The Morgan fingerprint density at radius 2 is 2.20 bits per heavy atom. The zero-order valence-corrected chi connectivity index (χ0v) is 17.2. The summed E-state index contributed by atoms with van der Waals surface area (Å²) >= 11 is 0. The molecule has 5 N–H and O–H groups in total. The third-order valence-corrected chi connectivity index (χ3v) is 5.00. The molecular formula is C22H28N8. The van der Waals surface area contributed by atoms with E-state index in [0.29, 0.717) is 12.2 Å². The first-order chi connectivity index (χ1) is 14.6. The summed E-state index contributed by atoms with van der Waals surface area (Å²) < 4.78 is 2.03. The highest BCUT2D eigenvalue weighted by atomic mass is 15.4. The molecule has 4 rings (SSSR count). The van der Waals surface area contributed by atoms with Crippen LogP contribution in [-0.4, -0.2) is 32.5 Å². The van der Waals surface area contributed by atoms with Gasteiger partial charge in [0.1, 0.15) is 5.65 Å². The fraction of sp³-hybridized carbons (Fsp3) is 0.273. The Labute approximate surface area is 176 Å². The van der Waals surface area contributed by atoms with Crippen LogP contribution in [0, 0.1) is 0 Å². The SMILES string of the molecule is CCNCc1ccc2nc(CN(N)/C=C(\N)c3cncc(N4C=CCC4)c3)cn2c1. The molecule has 1 aliphatic heterocycles. The second-order valence-corrected chi connectivity index (χ2v) is 7.37. The van der Waals surface area contributed by atoms with E-state index >= 15 is 0 Å². The van der Waals surface area contributed by atoms with Crippen molar-refractivity contribution in [1.82, 2.24) is 24.7 Å². The number of nitrogens with one attached hydrogen (secondary N) is 1. The first-order valence-corrected chi connectivity index (χ1v) is 10.2. The van der Waals surface area contributed by atoms with E-state index in [1.54, 1.807) is 17.4 Å². The molecule has 0 fully saturated rings. The molecule has 0 atom stereocenters. The number of nitrogens with zero attached hydrogens (tertiary/aromatic N) is 5. The lowest BCUT2D eigenvalue weighted by molar-refractivity contribution is 0.383. The van der Waals surface area contributed by atoms with Crippen molar-refractivity contribution >= 4 is 17.0 Å². The maximum absolute atomic E-state index is 6.29. The van der Waals surface area contributed by atoms with Crippen LogP contribution in [0.5, 0.6) is 0 Å². The Kier molecular flexibility index (Phi) is 5.97. The van der Waals surface area contributed by atoms with Gasteiger partial charge in [0.2, 0.25) is 0 Å². The highest BCUT2D eigenvalue weighted by Crippen LogP contribution is 2.21. The normalized spacial score (nSPS) is 14.1. The van der Waals surface area contributed by atoms with Gasteiger partial charge >= 0.3 is 0 Å². The standard InChI is InChI=1S/C22H28N8/c1-2-25-10-17-5-6-22-27-19(14-29(22)13-17)15-30(24)16-21(23)18-9-20(12-26-11-18)28-7-3-4-8-28/h3,5-7,9,11-14,16,25H,2,4,8,10,15,23-24H2,1H3/b21-16-. The van der Waals surface area contributed by atoms with Gasteiger partial charge in [0.25, 0.3) is 0 Å². The highest BCUT2D eigenvalue weighted by molar-refractivity contribution is 5.66. The number of anilines is 1. The van der Waals surface area contributed by atoms with Crippen LogP contribution in [-0.2, 0) is 13.1 Å². The van der Waals surface area contributed by atoms with E-state index in [2.05, 4.69) is 51.6 Å². The summed E-state index contributed by atoms with van der Waals surface area (Å²) in [7, 11) is 0. The number of imidazole rings is 1. The molecule has 0 unspecified atom stereocenters. The van der Waals surface area contributed by atoms with Gasteiger partial charge < -0.3 is 25.4 Å². The minimum atomic E-state index is 0.451. The van der Waals surface area contributed by atoms with Crippen molar-refractivity contribution in [3.8, 4) is 0 Å². The third kappa shape index (κ3) is 4.61. The van der Waals surface area contributed by atoms with Gasteiger partial charge in [0.05, 0.1) is 29.8 Å². The molecule has 8 heteroatoms. The molecule has 0 saturated heterocycles. The summed E-state index contributed by atoms with van der Waals surface area (Å²) in [5, 5.41) is 4.89. The molecule has 0 spiro atoms. The van der Waals surface area contributed by atoms with E-state index in [-0.39, 0.29) is 0 Å². The number of pyridine rings is 2. The van der Waals surface area contributed by atoms with E-state index in [4.69, 9.17) is 11.6 Å². The zero-order chi connectivity index (χ0) is 20.9. The first-order valence-electron chi connectivity index (χ1n) is 10.2. The minimum Gasteiger partial charge on any atom is -0.397 e. The molecule has 0 aliphatic carbocycles. The van der Waals surface area contributed by atoms with Gasteiger partial charge in [-0.2, -0.15) is 0 Å². The summed E-state index contributed by atoms with van der Waals surface area (Å²) in [6, 6.07) is 6.13. The van der Waals surface area contributed by atoms with Crippen molar-refractivity contribution in [2.24, 2.45) is 11.6 Å². The van der Waals surface area contributed by atoms with Crippen LogP contribution in [0.2, 0.25) is 0 Å². The molecular weight excluding hydrogens is 376 g/mol. The summed E-state index contributed by atoms with van der Waals surface area (Å²) in [6.45, 7) is 5.28. The quantitative estimate of drug-likeness (QED) is 0.391. The van der Waals surface area contributed by atoms with Crippen LogP contribution in [0.25, 0.3) is 11.3 Å². The van der Waals surface area contributed by atoms with Crippen molar-refractivity contribution in [2.45, 2.75) is 26.4 Å². The van der Waals surface area contributed by atoms with Crippen LogP contribution in [0.3, 0.4) is 0 Å². The molecule has 0 radical (unpaired) electrons.